The molecular formula is C20H25F3N2O4S. The minimum Gasteiger partial charge on any atom is -0.376 e. The van der Waals surface area contributed by atoms with E-state index in [-0.39, 0.29) is 11.9 Å². The van der Waals surface area contributed by atoms with Crippen molar-refractivity contribution < 1.29 is 30.6 Å². The molecule has 2 heterocycles. The van der Waals surface area contributed by atoms with Gasteiger partial charge in [-0.1, -0.05) is 18.6 Å². The lowest BCUT2D eigenvalue weighted by Gasteiger charge is -2.32. The summed E-state index contributed by atoms with van der Waals surface area (Å²) >= 11 is 0. The van der Waals surface area contributed by atoms with Crippen LogP contribution in [0.1, 0.15) is 37.7 Å². The van der Waals surface area contributed by atoms with E-state index in [1.807, 2.05) is 4.90 Å². The molecule has 0 aliphatic carbocycles. The van der Waals surface area contributed by atoms with E-state index in [0.717, 1.165) is 44.6 Å². The van der Waals surface area contributed by atoms with Gasteiger partial charge in [0.05, 0.1) is 0 Å². The molecule has 166 valence electrons. The Balaban J connectivity index is 1.57. The van der Waals surface area contributed by atoms with Gasteiger partial charge in [-0.3, -0.25) is 4.79 Å². The van der Waals surface area contributed by atoms with Gasteiger partial charge in [0.25, 0.3) is 0 Å². The van der Waals surface area contributed by atoms with Gasteiger partial charge in [-0.15, -0.1) is 0 Å². The van der Waals surface area contributed by atoms with Crippen molar-refractivity contribution in [2.75, 3.05) is 26.2 Å². The first kappa shape index (κ1) is 22.6. The Morgan fingerprint density at radius 1 is 1.07 bits per heavy atom. The molecule has 10 heteroatoms. The summed E-state index contributed by atoms with van der Waals surface area (Å²) in [7, 11) is -5.70. The second kappa shape index (κ2) is 9.38. The van der Waals surface area contributed by atoms with E-state index >= 15 is 0 Å². The standard InChI is InChI=1S/C20H25F3N2O4S/c21-20(22,23)30(27,28)29-18-9-6-16(7-10-18)8-11-19(26)25-14-4-5-17(25)15-24-12-2-1-3-13-24/h6-11,17H,1-5,12-15H2/b11-8+. The molecule has 1 aromatic carbocycles. The quantitative estimate of drug-likeness (QED) is 0.381. The number of hydrogen-bond acceptors (Lipinski definition) is 5. The van der Waals surface area contributed by atoms with E-state index in [1.54, 1.807) is 6.08 Å². The van der Waals surface area contributed by atoms with Crippen molar-refractivity contribution in [2.24, 2.45) is 0 Å². The Kier molecular flexibility index (Phi) is 7.07. The fourth-order valence-corrected chi connectivity index (χ4v) is 4.29. The average Bonchev–Trinajstić information content (AvgIpc) is 3.15. The first-order chi connectivity index (χ1) is 14.2. The Bertz CT molecular complexity index is 863. The van der Waals surface area contributed by atoms with E-state index in [0.29, 0.717) is 12.1 Å². The summed E-state index contributed by atoms with van der Waals surface area (Å²) in [6.07, 6.45) is 8.61. The maximum Gasteiger partial charge on any atom is 0.534 e. The van der Waals surface area contributed by atoms with Gasteiger partial charge < -0.3 is 14.0 Å². The predicted molar refractivity (Wildman–Crippen MR) is 106 cm³/mol. The molecule has 2 aliphatic rings. The first-order valence-electron chi connectivity index (χ1n) is 9.97. The average molecular weight is 446 g/mol. The van der Waals surface area contributed by atoms with Crippen LogP contribution < -0.4 is 4.18 Å². The van der Waals surface area contributed by atoms with Crippen LogP contribution >= 0.6 is 0 Å². The van der Waals surface area contributed by atoms with Crippen LogP contribution in [0.3, 0.4) is 0 Å². The molecule has 6 nitrogen and oxygen atoms in total. The Hall–Kier alpha value is -2.07. The predicted octanol–water partition coefficient (Wildman–Crippen LogP) is 3.41. The summed E-state index contributed by atoms with van der Waals surface area (Å²) in [6.45, 7) is 3.75. The number of hydrogen-bond donors (Lipinski definition) is 0. The zero-order valence-corrected chi connectivity index (χ0v) is 17.3. The molecule has 0 spiro atoms. The fourth-order valence-electron chi connectivity index (χ4n) is 3.83. The van der Waals surface area contributed by atoms with Gasteiger partial charge in [-0.05, 0) is 62.5 Å². The highest BCUT2D eigenvalue weighted by Crippen LogP contribution is 2.27. The number of piperidine rings is 1. The van der Waals surface area contributed by atoms with Gasteiger partial charge in [-0.2, -0.15) is 21.6 Å². The number of halogens is 3. The summed E-state index contributed by atoms with van der Waals surface area (Å²) in [5.74, 6) is -0.550. The molecule has 0 N–H and O–H groups in total. The summed E-state index contributed by atoms with van der Waals surface area (Å²) in [4.78, 5) is 16.9. The Labute approximate surface area is 174 Å². The van der Waals surface area contributed by atoms with E-state index < -0.39 is 21.4 Å². The summed E-state index contributed by atoms with van der Waals surface area (Å²) in [5, 5.41) is 0. The Morgan fingerprint density at radius 2 is 1.73 bits per heavy atom. The molecule has 0 radical (unpaired) electrons. The third kappa shape index (κ3) is 5.75. The molecule has 0 bridgehead atoms. The molecular weight excluding hydrogens is 421 g/mol. The minimum absolute atomic E-state index is 0.102. The number of rotatable bonds is 6. The number of carbonyl (C=O) groups is 1. The highest BCUT2D eigenvalue weighted by molar-refractivity contribution is 7.88. The Morgan fingerprint density at radius 3 is 2.37 bits per heavy atom. The molecule has 1 aromatic rings. The van der Waals surface area contributed by atoms with Gasteiger partial charge in [0.1, 0.15) is 5.75 Å². The number of amides is 1. The fraction of sp³-hybridized carbons (Fsp3) is 0.550. The van der Waals surface area contributed by atoms with Crippen LogP contribution in [-0.4, -0.2) is 61.9 Å². The molecule has 0 saturated carbocycles. The van der Waals surface area contributed by atoms with E-state index in [2.05, 4.69) is 9.08 Å². The van der Waals surface area contributed by atoms with Crippen LogP contribution in [0.5, 0.6) is 5.75 Å². The van der Waals surface area contributed by atoms with Crippen LogP contribution in [0, 0.1) is 0 Å². The van der Waals surface area contributed by atoms with Gasteiger partial charge in [-0.25, -0.2) is 0 Å². The minimum atomic E-state index is -5.70. The van der Waals surface area contributed by atoms with Gasteiger partial charge in [0.2, 0.25) is 5.91 Å². The van der Waals surface area contributed by atoms with Gasteiger partial charge in [0.15, 0.2) is 0 Å². The molecule has 30 heavy (non-hydrogen) atoms. The second-order valence-corrected chi connectivity index (χ2v) is 9.11. The third-order valence-electron chi connectivity index (χ3n) is 5.37. The van der Waals surface area contributed by atoms with Crippen LogP contribution in [-0.2, 0) is 14.9 Å². The van der Waals surface area contributed by atoms with E-state index in [4.69, 9.17) is 0 Å². The normalized spacial score (nSPS) is 21.3. The molecule has 1 unspecified atom stereocenters. The lowest BCUT2D eigenvalue weighted by Crippen LogP contribution is -2.44. The van der Waals surface area contributed by atoms with Crippen LogP contribution in [0.25, 0.3) is 6.08 Å². The van der Waals surface area contributed by atoms with Crippen LogP contribution in [0.4, 0.5) is 13.2 Å². The van der Waals surface area contributed by atoms with Crippen molar-refractivity contribution in [3.05, 3.63) is 35.9 Å². The second-order valence-electron chi connectivity index (χ2n) is 7.57. The van der Waals surface area contributed by atoms with E-state index in [1.165, 1.54) is 37.5 Å². The van der Waals surface area contributed by atoms with Crippen molar-refractivity contribution in [3.8, 4) is 5.75 Å². The highest BCUT2D eigenvalue weighted by Gasteiger charge is 2.48. The van der Waals surface area contributed by atoms with Gasteiger partial charge >= 0.3 is 15.6 Å². The number of nitrogens with zero attached hydrogens (tertiary/aromatic N) is 2. The molecule has 2 aliphatic heterocycles. The molecule has 2 saturated heterocycles. The zero-order valence-electron chi connectivity index (χ0n) is 16.5. The lowest BCUT2D eigenvalue weighted by atomic mass is 10.1. The van der Waals surface area contributed by atoms with Crippen LogP contribution in [0.15, 0.2) is 30.3 Å². The lowest BCUT2D eigenvalue weighted by molar-refractivity contribution is -0.127. The van der Waals surface area contributed by atoms with Gasteiger partial charge in [0, 0.05) is 25.2 Å². The number of likely N-dealkylation sites (tertiary alicyclic amines) is 2. The SMILES string of the molecule is O=C(/C=C/c1ccc(OS(=O)(=O)C(F)(F)F)cc1)N1CCCC1CN1CCCCC1. The van der Waals surface area contributed by atoms with Crippen molar-refractivity contribution >= 4 is 22.1 Å². The largest absolute Gasteiger partial charge is 0.534 e. The number of alkyl halides is 3. The van der Waals surface area contributed by atoms with Crippen molar-refractivity contribution in [1.82, 2.24) is 9.80 Å². The molecule has 0 aromatic heterocycles. The molecule has 2 fully saturated rings. The summed E-state index contributed by atoms with van der Waals surface area (Å²) < 4.78 is 63.2. The summed E-state index contributed by atoms with van der Waals surface area (Å²) in [5.41, 5.74) is -4.94. The number of benzene rings is 1. The molecule has 3 rings (SSSR count). The van der Waals surface area contributed by atoms with Crippen molar-refractivity contribution in [2.45, 2.75) is 43.7 Å². The first-order valence-corrected chi connectivity index (χ1v) is 11.4. The van der Waals surface area contributed by atoms with Crippen molar-refractivity contribution in [3.63, 3.8) is 0 Å². The number of carbonyl (C=O) groups excluding carboxylic acids is 1. The topological polar surface area (TPSA) is 66.9 Å². The maximum atomic E-state index is 12.6. The van der Waals surface area contributed by atoms with Crippen LogP contribution in [0.2, 0.25) is 0 Å². The van der Waals surface area contributed by atoms with Crippen molar-refractivity contribution in [1.29, 1.82) is 0 Å². The zero-order chi connectivity index (χ0) is 21.8. The summed E-state index contributed by atoms with van der Waals surface area (Å²) in [6, 6.07) is 5.20. The monoisotopic (exact) mass is 446 g/mol. The maximum absolute atomic E-state index is 12.6. The highest BCUT2D eigenvalue weighted by atomic mass is 32.2. The smallest absolute Gasteiger partial charge is 0.376 e. The van der Waals surface area contributed by atoms with E-state index in [9.17, 15) is 26.4 Å². The third-order valence-corrected chi connectivity index (χ3v) is 6.34. The molecule has 1 amide bonds. The molecule has 1 atom stereocenters.